The third-order valence-electron chi connectivity index (χ3n) is 3.08. The lowest BCUT2D eigenvalue weighted by Gasteiger charge is -2.06. The molecule has 0 saturated carbocycles. The lowest BCUT2D eigenvalue weighted by atomic mass is 10.1. The molecule has 0 fully saturated rings. The number of benzene rings is 2. The van der Waals surface area contributed by atoms with Gasteiger partial charge in [0.05, 0.1) is 5.02 Å². The number of rotatable bonds is 2. The molecule has 0 aliphatic carbocycles. The van der Waals surface area contributed by atoms with Crippen LogP contribution in [0.3, 0.4) is 0 Å². The first-order valence-corrected chi connectivity index (χ1v) is 7.58. The van der Waals surface area contributed by atoms with E-state index in [0.29, 0.717) is 31.9 Å². The normalized spacial score (nSPS) is 10.3. The third kappa shape index (κ3) is 3.27. The number of hydrogen-bond donors (Lipinski definition) is 0. The van der Waals surface area contributed by atoms with E-state index in [0.717, 1.165) is 0 Å². The number of nitrogens with zero attached hydrogens (tertiary/aromatic N) is 4. The van der Waals surface area contributed by atoms with E-state index in [2.05, 4.69) is 15.2 Å². The molecule has 3 rings (SSSR count). The highest BCUT2D eigenvalue weighted by molar-refractivity contribution is 6.36. The van der Waals surface area contributed by atoms with E-state index in [1.54, 1.807) is 42.5 Å². The summed E-state index contributed by atoms with van der Waals surface area (Å²) >= 11 is 17.9. The van der Waals surface area contributed by atoms with Crippen molar-refractivity contribution in [2.45, 2.75) is 0 Å². The van der Waals surface area contributed by atoms with Crippen molar-refractivity contribution in [3.63, 3.8) is 0 Å². The summed E-state index contributed by atoms with van der Waals surface area (Å²) in [5.74, 6) is 0.265. The number of hydrogen-bond acceptors (Lipinski definition) is 4. The van der Waals surface area contributed by atoms with Crippen LogP contribution in [0.1, 0.15) is 5.69 Å². The van der Waals surface area contributed by atoms with E-state index in [9.17, 15) is 5.26 Å². The van der Waals surface area contributed by atoms with Crippen LogP contribution in [0, 0.1) is 11.3 Å². The lowest BCUT2D eigenvalue weighted by Crippen LogP contribution is -2.00. The largest absolute Gasteiger partial charge is 0.213 e. The SMILES string of the molecule is N#Cc1nc(-c2ccc(Cl)cc2Cl)nnc1-c1ccc(Cl)cc1. The van der Waals surface area contributed by atoms with Crippen molar-refractivity contribution in [2.24, 2.45) is 0 Å². The zero-order chi connectivity index (χ0) is 16.4. The standard InChI is InChI=1S/C16H7Cl3N4/c17-10-3-1-9(2-4-10)15-14(8-20)21-16(23-22-15)12-6-5-11(18)7-13(12)19/h1-7H. The van der Waals surface area contributed by atoms with Gasteiger partial charge in [-0.2, -0.15) is 5.26 Å². The molecule has 3 aromatic rings. The van der Waals surface area contributed by atoms with Gasteiger partial charge in [0, 0.05) is 21.2 Å². The lowest BCUT2D eigenvalue weighted by molar-refractivity contribution is 0.975. The fourth-order valence-electron chi connectivity index (χ4n) is 1.99. The molecule has 7 heteroatoms. The minimum atomic E-state index is 0.156. The molecule has 0 aliphatic rings. The molecule has 1 heterocycles. The Hall–Kier alpha value is -2.19. The molecule has 2 aromatic carbocycles. The molecule has 0 aliphatic heterocycles. The number of nitriles is 1. The maximum absolute atomic E-state index is 9.36. The minimum Gasteiger partial charge on any atom is -0.213 e. The van der Waals surface area contributed by atoms with Gasteiger partial charge in [-0.15, -0.1) is 10.2 Å². The summed E-state index contributed by atoms with van der Waals surface area (Å²) in [6.45, 7) is 0. The highest BCUT2D eigenvalue weighted by atomic mass is 35.5. The van der Waals surface area contributed by atoms with Gasteiger partial charge in [0.25, 0.3) is 0 Å². The quantitative estimate of drug-likeness (QED) is 0.641. The molecular formula is C16H7Cl3N4. The Bertz CT molecular complexity index is 918. The van der Waals surface area contributed by atoms with Crippen molar-refractivity contribution in [2.75, 3.05) is 0 Å². The van der Waals surface area contributed by atoms with Crippen molar-refractivity contribution >= 4 is 34.8 Å². The average molecular weight is 362 g/mol. The molecule has 4 nitrogen and oxygen atoms in total. The van der Waals surface area contributed by atoms with Gasteiger partial charge in [-0.05, 0) is 30.3 Å². The molecule has 0 N–H and O–H groups in total. The van der Waals surface area contributed by atoms with Crippen LogP contribution in [0.5, 0.6) is 0 Å². The molecule has 0 unspecified atom stereocenters. The average Bonchev–Trinajstić information content (AvgIpc) is 2.55. The Morgan fingerprint density at radius 1 is 0.870 bits per heavy atom. The van der Waals surface area contributed by atoms with Gasteiger partial charge in [-0.1, -0.05) is 46.9 Å². The summed E-state index contributed by atoms with van der Waals surface area (Å²) < 4.78 is 0. The zero-order valence-electron chi connectivity index (χ0n) is 11.5. The maximum atomic E-state index is 9.36. The summed E-state index contributed by atoms with van der Waals surface area (Å²) in [5.41, 5.74) is 1.81. The number of halogens is 3. The Kier molecular flexibility index (Phi) is 4.44. The molecule has 0 spiro atoms. The van der Waals surface area contributed by atoms with E-state index < -0.39 is 0 Å². The van der Waals surface area contributed by atoms with Crippen molar-refractivity contribution in [3.8, 4) is 28.7 Å². The van der Waals surface area contributed by atoms with Crippen molar-refractivity contribution < 1.29 is 0 Å². The van der Waals surface area contributed by atoms with Crippen LogP contribution >= 0.6 is 34.8 Å². The maximum Gasteiger partial charge on any atom is 0.184 e. The van der Waals surface area contributed by atoms with Gasteiger partial charge in [0.1, 0.15) is 11.8 Å². The molecule has 0 saturated heterocycles. The van der Waals surface area contributed by atoms with E-state index >= 15 is 0 Å². The van der Waals surface area contributed by atoms with Gasteiger partial charge in [-0.3, -0.25) is 0 Å². The van der Waals surface area contributed by atoms with E-state index in [-0.39, 0.29) is 11.5 Å². The molecule has 0 radical (unpaired) electrons. The molecule has 23 heavy (non-hydrogen) atoms. The van der Waals surface area contributed by atoms with Crippen LogP contribution in [0.25, 0.3) is 22.6 Å². The molecular weight excluding hydrogens is 355 g/mol. The minimum absolute atomic E-state index is 0.156. The second-order valence-electron chi connectivity index (χ2n) is 4.58. The van der Waals surface area contributed by atoms with Crippen molar-refractivity contribution in [3.05, 3.63) is 63.2 Å². The van der Waals surface area contributed by atoms with Gasteiger partial charge in [0.2, 0.25) is 0 Å². The highest BCUT2D eigenvalue weighted by Crippen LogP contribution is 2.29. The summed E-state index contributed by atoms with van der Waals surface area (Å²) in [5, 5.41) is 19.0. The first kappa shape index (κ1) is 15.7. The Morgan fingerprint density at radius 3 is 2.22 bits per heavy atom. The van der Waals surface area contributed by atoms with E-state index in [1.807, 2.05) is 6.07 Å². The van der Waals surface area contributed by atoms with Crippen LogP contribution < -0.4 is 0 Å². The monoisotopic (exact) mass is 360 g/mol. The van der Waals surface area contributed by atoms with Crippen LogP contribution in [-0.4, -0.2) is 15.2 Å². The van der Waals surface area contributed by atoms with Crippen LogP contribution in [0.2, 0.25) is 15.1 Å². The summed E-state index contributed by atoms with van der Waals surface area (Å²) in [6, 6.07) is 13.9. The van der Waals surface area contributed by atoms with Crippen LogP contribution in [-0.2, 0) is 0 Å². The van der Waals surface area contributed by atoms with E-state index in [4.69, 9.17) is 34.8 Å². The first-order valence-electron chi connectivity index (χ1n) is 6.44. The van der Waals surface area contributed by atoms with Crippen LogP contribution in [0.15, 0.2) is 42.5 Å². The van der Waals surface area contributed by atoms with Gasteiger partial charge in [0.15, 0.2) is 11.5 Å². The summed E-state index contributed by atoms with van der Waals surface area (Å²) in [4.78, 5) is 4.26. The smallest absolute Gasteiger partial charge is 0.184 e. The topological polar surface area (TPSA) is 62.5 Å². The van der Waals surface area contributed by atoms with Crippen molar-refractivity contribution in [1.29, 1.82) is 5.26 Å². The molecule has 0 amide bonds. The third-order valence-corrected chi connectivity index (χ3v) is 3.88. The molecule has 112 valence electrons. The highest BCUT2D eigenvalue weighted by Gasteiger charge is 2.14. The fraction of sp³-hybridized carbons (Fsp3) is 0. The molecule has 0 atom stereocenters. The number of aromatic nitrogens is 3. The predicted octanol–water partition coefficient (Wildman–Crippen LogP) is 5.04. The first-order chi connectivity index (χ1) is 11.1. The summed E-state index contributed by atoms with van der Waals surface area (Å²) in [7, 11) is 0. The Labute approximate surface area is 147 Å². The zero-order valence-corrected chi connectivity index (χ0v) is 13.7. The fourth-order valence-corrected chi connectivity index (χ4v) is 2.61. The van der Waals surface area contributed by atoms with Crippen molar-refractivity contribution in [1.82, 2.24) is 15.2 Å². The predicted molar refractivity (Wildman–Crippen MR) is 90.4 cm³/mol. The van der Waals surface area contributed by atoms with E-state index in [1.165, 1.54) is 0 Å². The molecule has 1 aromatic heterocycles. The second-order valence-corrected chi connectivity index (χ2v) is 5.86. The Balaban J connectivity index is 2.10. The second kappa shape index (κ2) is 6.51. The molecule has 0 bridgehead atoms. The van der Waals surface area contributed by atoms with Gasteiger partial charge >= 0.3 is 0 Å². The van der Waals surface area contributed by atoms with Crippen LogP contribution in [0.4, 0.5) is 0 Å². The van der Waals surface area contributed by atoms with Gasteiger partial charge in [-0.25, -0.2) is 4.98 Å². The van der Waals surface area contributed by atoms with Gasteiger partial charge < -0.3 is 0 Å². The summed E-state index contributed by atoms with van der Waals surface area (Å²) in [6.07, 6.45) is 0. The Morgan fingerprint density at radius 2 is 1.57 bits per heavy atom.